The van der Waals surface area contributed by atoms with Crippen molar-refractivity contribution in [2.75, 3.05) is 11.6 Å². The molecule has 0 fully saturated rings. The van der Waals surface area contributed by atoms with Crippen LogP contribution in [0.4, 0.5) is 5.82 Å². The molecule has 1 rings (SSSR count). The Kier molecular flexibility index (Phi) is 0.918. The van der Waals surface area contributed by atoms with Gasteiger partial charge in [-0.3, -0.25) is 10.2 Å². The molecule has 7 N–H and O–H groups in total. The zero-order chi connectivity index (χ0) is 5.98. The summed E-state index contributed by atoms with van der Waals surface area (Å²) in [6, 6.07) is 0. The van der Waals surface area contributed by atoms with E-state index < -0.39 is 0 Å². The number of nitrogens with two attached hydrogens (primary N) is 2. The summed E-state index contributed by atoms with van der Waals surface area (Å²) in [4.78, 5) is 1.14. The Bertz CT molecular complexity index is 145. The van der Waals surface area contributed by atoms with Crippen LogP contribution in [0, 0.1) is 0 Å². The summed E-state index contributed by atoms with van der Waals surface area (Å²) in [6.45, 7) is 0. The molecule has 1 aromatic rings. The second kappa shape index (κ2) is 1.57. The molecule has 0 aliphatic carbocycles. The van der Waals surface area contributed by atoms with E-state index in [-0.39, 0.29) is 0 Å². The van der Waals surface area contributed by atoms with Crippen LogP contribution in [0.2, 0.25) is 0 Å². The molecule has 0 radical (unpaired) electrons. The van der Waals surface area contributed by atoms with E-state index in [1.807, 2.05) is 0 Å². The van der Waals surface area contributed by atoms with Gasteiger partial charge in [0.15, 0.2) is 0 Å². The minimum atomic E-state index is 0.492. The monoisotopic (exact) mass is 116 g/mol. The third kappa shape index (κ3) is 0.780. The minimum Gasteiger partial charge on any atom is -0.383 e. The van der Waals surface area contributed by atoms with Gasteiger partial charge < -0.3 is 11.6 Å². The van der Waals surface area contributed by atoms with Crippen molar-refractivity contribution < 1.29 is 0 Å². The van der Waals surface area contributed by atoms with Crippen LogP contribution in [0.5, 0.6) is 0 Å². The molecule has 46 valence electrons. The van der Waals surface area contributed by atoms with Gasteiger partial charge in [0.25, 0.3) is 0 Å². The maximum atomic E-state index is 5.24. The number of aromatic amines is 3. The number of aromatic nitrogens is 4. The number of hydrogen-bond donors (Lipinski definition) is 5. The van der Waals surface area contributed by atoms with Crippen molar-refractivity contribution in [2.24, 2.45) is 0 Å². The fourth-order valence-electron chi connectivity index (χ4n) is 0.332. The summed E-state index contributed by atoms with van der Waals surface area (Å²) in [7, 11) is 0. The Labute approximate surface area is 45.1 Å². The first-order chi connectivity index (χ1) is 3.79. The van der Waals surface area contributed by atoms with E-state index in [1.165, 1.54) is 6.20 Å². The highest BCUT2D eigenvalue weighted by Crippen LogP contribution is 1.80. The van der Waals surface area contributed by atoms with Crippen molar-refractivity contribution >= 4 is 5.82 Å². The van der Waals surface area contributed by atoms with Crippen LogP contribution in [0.25, 0.3) is 0 Å². The summed E-state index contributed by atoms with van der Waals surface area (Å²) in [5.74, 6) is 5.64. The summed E-state index contributed by atoms with van der Waals surface area (Å²) in [5.41, 5.74) is 5.24. The molecule has 0 spiro atoms. The molecule has 0 aliphatic heterocycles. The van der Waals surface area contributed by atoms with Gasteiger partial charge in [0.1, 0.15) is 5.82 Å². The van der Waals surface area contributed by atoms with Crippen molar-refractivity contribution in [3.8, 4) is 0 Å². The van der Waals surface area contributed by atoms with Gasteiger partial charge in [0.05, 0.1) is 6.20 Å². The first kappa shape index (κ1) is 4.69. The van der Waals surface area contributed by atoms with E-state index in [9.17, 15) is 0 Å². The maximum Gasteiger partial charge on any atom is 0.134 e. The standard InChI is InChI=1S/C2H8N6/c3-2-1-5-8(4)7-6-2/h1,5-7H,3-4H2. The zero-order valence-corrected chi connectivity index (χ0v) is 4.18. The summed E-state index contributed by atoms with van der Waals surface area (Å²) >= 11 is 0. The molecule has 8 heavy (non-hydrogen) atoms. The SMILES string of the molecule is Nc1c[nH]n(N)[nH][nH]1. The number of hydrogen-bond acceptors (Lipinski definition) is 2. The second-order valence-electron chi connectivity index (χ2n) is 1.34. The molecule has 0 unspecified atom stereocenters. The molecule has 0 aliphatic rings. The average molecular weight is 116 g/mol. The lowest BCUT2D eigenvalue weighted by atomic mass is 10.8. The van der Waals surface area contributed by atoms with E-state index in [4.69, 9.17) is 11.6 Å². The number of rotatable bonds is 0. The van der Waals surface area contributed by atoms with Gasteiger partial charge in [-0.15, -0.1) is 4.91 Å². The van der Waals surface area contributed by atoms with Crippen LogP contribution in [-0.2, 0) is 0 Å². The smallest absolute Gasteiger partial charge is 0.134 e. The van der Waals surface area contributed by atoms with E-state index in [2.05, 4.69) is 15.4 Å². The molecule has 6 heteroatoms. The molecule has 0 aromatic carbocycles. The van der Waals surface area contributed by atoms with Gasteiger partial charge in [-0.1, -0.05) is 0 Å². The highest BCUT2D eigenvalue weighted by molar-refractivity contribution is 5.17. The molecular formula is C2H8N6. The third-order valence-electron chi connectivity index (χ3n) is 0.680. The third-order valence-corrected chi connectivity index (χ3v) is 0.680. The van der Waals surface area contributed by atoms with Crippen molar-refractivity contribution in [1.29, 1.82) is 0 Å². The maximum absolute atomic E-state index is 5.24. The Hall–Kier alpha value is -1.46. The highest BCUT2D eigenvalue weighted by atomic mass is 15.7. The molecule has 0 amide bonds. The normalized spacial score (nSPS) is 9.00. The van der Waals surface area contributed by atoms with Crippen LogP contribution in [0.1, 0.15) is 0 Å². The van der Waals surface area contributed by atoms with Gasteiger partial charge >= 0.3 is 0 Å². The van der Waals surface area contributed by atoms with Crippen molar-refractivity contribution in [3.63, 3.8) is 0 Å². The Morgan fingerprint density at radius 3 is 2.75 bits per heavy atom. The number of nitrogens with one attached hydrogen (secondary N) is 3. The molecule has 0 bridgehead atoms. The number of nitrogens with zero attached hydrogens (tertiary/aromatic N) is 1. The first-order valence-electron chi connectivity index (χ1n) is 2.07. The van der Waals surface area contributed by atoms with Crippen LogP contribution >= 0.6 is 0 Å². The van der Waals surface area contributed by atoms with Gasteiger partial charge in [-0.2, -0.15) is 0 Å². The molecule has 1 aromatic heterocycles. The molecule has 0 saturated carbocycles. The van der Waals surface area contributed by atoms with Gasteiger partial charge in [0, 0.05) is 0 Å². The van der Waals surface area contributed by atoms with E-state index in [0.717, 1.165) is 4.91 Å². The quantitative estimate of drug-likeness (QED) is 0.277. The van der Waals surface area contributed by atoms with E-state index in [0.29, 0.717) is 5.82 Å². The van der Waals surface area contributed by atoms with Crippen LogP contribution in [0.3, 0.4) is 0 Å². The lowest BCUT2D eigenvalue weighted by molar-refractivity contribution is 0.607. The van der Waals surface area contributed by atoms with Gasteiger partial charge in [-0.05, 0) is 0 Å². The van der Waals surface area contributed by atoms with Crippen LogP contribution in [0.15, 0.2) is 6.20 Å². The fraction of sp³-hybridized carbons (Fsp3) is 0. The predicted molar refractivity (Wildman–Crippen MR) is 29.7 cm³/mol. The fourth-order valence-corrected chi connectivity index (χ4v) is 0.332. The predicted octanol–water partition coefficient (Wildman–Crippen LogP) is -1.11. The zero-order valence-electron chi connectivity index (χ0n) is 4.18. The Morgan fingerprint density at radius 2 is 2.38 bits per heavy atom. The van der Waals surface area contributed by atoms with E-state index in [1.54, 1.807) is 0 Å². The topological polar surface area (TPSA) is 104 Å². The number of anilines is 1. The summed E-state index contributed by atoms with van der Waals surface area (Å²) in [5, 5.41) is 7.63. The molecular weight excluding hydrogens is 108 g/mol. The van der Waals surface area contributed by atoms with Crippen molar-refractivity contribution in [1.82, 2.24) is 20.3 Å². The molecule has 1 heterocycles. The second-order valence-corrected chi connectivity index (χ2v) is 1.34. The van der Waals surface area contributed by atoms with Crippen molar-refractivity contribution in [2.45, 2.75) is 0 Å². The number of nitrogen functional groups attached to an aromatic ring is 2. The lowest BCUT2D eigenvalue weighted by Gasteiger charge is -1.98. The van der Waals surface area contributed by atoms with Crippen LogP contribution < -0.4 is 11.6 Å². The molecule has 0 saturated heterocycles. The lowest BCUT2D eigenvalue weighted by Crippen LogP contribution is -2.18. The summed E-state index contributed by atoms with van der Waals surface area (Å²) < 4.78 is 0. The van der Waals surface area contributed by atoms with Gasteiger partial charge in [-0.25, -0.2) is 5.21 Å². The Balaban J connectivity index is 3.03. The highest BCUT2D eigenvalue weighted by Gasteiger charge is 1.75. The summed E-state index contributed by atoms with van der Waals surface area (Å²) in [6.07, 6.45) is 1.52. The first-order valence-corrected chi connectivity index (χ1v) is 2.07. The van der Waals surface area contributed by atoms with E-state index >= 15 is 0 Å². The number of H-pyrrole nitrogens is 3. The molecule has 0 atom stereocenters. The van der Waals surface area contributed by atoms with Crippen LogP contribution in [-0.4, -0.2) is 20.3 Å². The minimum absolute atomic E-state index is 0.492. The van der Waals surface area contributed by atoms with Gasteiger partial charge in [0.2, 0.25) is 0 Å². The molecule has 6 nitrogen and oxygen atoms in total. The average Bonchev–Trinajstić information content (AvgIpc) is 1.77. The van der Waals surface area contributed by atoms with Crippen molar-refractivity contribution in [3.05, 3.63) is 6.20 Å². The largest absolute Gasteiger partial charge is 0.383 e. The Morgan fingerprint density at radius 1 is 1.62 bits per heavy atom.